The lowest BCUT2D eigenvalue weighted by molar-refractivity contribution is 0.622. The maximum atomic E-state index is 4.31. The van der Waals surface area contributed by atoms with Crippen LogP contribution in [0.25, 0.3) is 0 Å². The molecule has 3 rings (SSSR count). The minimum atomic E-state index is 0. The Morgan fingerprint density at radius 2 is 2.09 bits per heavy atom. The Balaban J connectivity index is 0.00000176. The summed E-state index contributed by atoms with van der Waals surface area (Å²) in [6, 6.07) is 9.21. The van der Waals surface area contributed by atoms with Crippen LogP contribution in [0.2, 0.25) is 0 Å². The first-order valence-corrected chi connectivity index (χ1v) is 8.07. The van der Waals surface area contributed by atoms with E-state index in [0.29, 0.717) is 6.04 Å². The smallest absolute Gasteiger partial charge is 0.191 e. The van der Waals surface area contributed by atoms with Crippen LogP contribution in [0.4, 0.5) is 5.69 Å². The molecule has 122 valence electrons. The van der Waals surface area contributed by atoms with Crippen molar-refractivity contribution >= 4 is 35.6 Å². The molecule has 2 aliphatic rings. The fraction of sp³-hybridized carbons (Fsp3) is 0.588. The summed E-state index contributed by atoms with van der Waals surface area (Å²) in [5, 5.41) is 6.87. The van der Waals surface area contributed by atoms with Crippen molar-refractivity contribution in [3.05, 3.63) is 29.8 Å². The first-order valence-electron chi connectivity index (χ1n) is 8.07. The quantitative estimate of drug-likeness (QED) is 0.442. The topological polar surface area (TPSA) is 39.7 Å². The molecule has 2 N–H and O–H groups in total. The highest BCUT2D eigenvalue weighted by Crippen LogP contribution is 2.29. The Morgan fingerprint density at radius 3 is 2.82 bits per heavy atom. The highest BCUT2D eigenvalue weighted by Gasteiger charge is 2.23. The number of nitrogens with zero attached hydrogens (tertiary/aromatic N) is 2. The zero-order chi connectivity index (χ0) is 14.7. The fourth-order valence-corrected chi connectivity index (χ4v) is 2.96. The Bertz CT molecular complexity index is 513. The number of hydrogen-bond donors (Lipinski definition) is 2. The lowest BCUT2D eigenvalue weighted by Crippen LogP contribution is -2.46. The van der Waals surface area contributed by atoms with Gasteiger partial charge >= 0.3 is 0 Å². The van der Waals surface area contributed by atoms with Gasteiger partial charge in [-0.25, -0.2) is 0 Å². The van der Waals surface area contributed by atoms with E-state index in [-0.39, 0.29) is 24.0 Å². The molecule has 1 aliphatic heterocycles. The molecule has 0 bridgehead atoms. The average molecular weight is 414 g/mol. The van der Waals surface area contributed by atoms with E-state index >= 15 is 0 Å². The largest absolute Gasteiger partial charge is 0.366 e. The second-order valence-corrected chi connectivity index (χ2v) is 6.20. The number of nitrogens with one attached hydrogen (secondary N) is 2. The van der Waals surface area contributed by atoms with Crippen LogP contribution < -0.4 is 15.5 Å². The van der Waals surface area contributed by atoms with Crippen LogP contribution in [-0.2, 0) is 6.42 Å². The van der Waals surface area contributed by atoms with Crippen LogP contribution in [0.1, 0.15) is 25.3 Å². The van der Waals surface area contributed by atoms with Crippen LogP contribution in [0.5, 0.6) is 0 Å². The van der Waals surface area contributed by atoms with E-state index in [1.165, 1.54) is 24.1 Å². The summed E-state index contributed by atoms with van der Waals surface area (Å²) in [7, 11) is 1.85. The van der Waals surface area contributed by atoms with Crippen LogP contribution >= 0.6 is 24.0 Å². The van der Waals surface area contributed by atoms with Crippen LogP contribution in [0, 0.1) is 5.92 Å². The van der Waals surface area contributed by atoms with Gasteiger partial charge in [0.1, 0.15) is 0 Å². The van der Waals surface area contributed by atoms with E-state index in [1.54, 1.807) is 0 Å². The van der Waals surface area contributed by atoms with Gasteiger partial charge in [0.2, 0.25) is 0 Å². The second-order valence-electron chi connectivity index (χ2n) is 6.20. The summed E-state index contributed by atoms with van der Waals surface area (Å²) in [5.74, 6) is 1.80. The third kappa shape index (κ3) is 4.27. The van der Waals surface area contributed by atoms with Crippen molar-refractivity contribution in [2.75, 3.05) is 31.6 Å². The molecule has 1 aromatic rings. The maximum absolute atomic E-state index is 4.31. The van der Waals surface area contributed by atoms with Gasteiger partial charge in [0.15, 0.2) is 5.96 Å². The van der Waals surface area contributed by atoms with Crippen molar-refractivity contribution in [1.82, 2.24) is 10.6 Å². The highest BCUT2D eigenvalue weighted by atomic mass is 127. The molecule has 1 heterocycles. The number of aliphatic imine (C=N–C) groups is 1. The molecular formula is C17H27IN4. The van der Waals surface area contributed by atoms with Gasteiger partial charge in [-0.1, -0.05) is 18.2 Å². The number of benzene rings is 1. The third-order valence-electron chi connectivity index (χ3n) is 4.50. The van der Waals surface area contributed by atoms with E-state index in [2.05, 4.69) is 51.7 Å². The predicted octanol–water partition coefficient (Wildman–Crippen LogP) is 2.63. The van der Waals surface area contributed by atoms with Crippen molar-refractivity contribution in [1.29, 1.82) is 0 Å². The molecule has 1 aliphatic carbocycles. The third-order valence-corrected chi connectivity index (χ3v) is 4.50. The molecule has 5 heteroatoms. The molecule has 1 unspecified atom stereocenters. The molecule has 0 amide bonds. The lowest BCUT2D eigenvalue weighted by Gasteiger charge is -2.28. The van der Waals surface area contributed by atoms with E-state index in [9.17, 15) is 0 Å². The predicted molar refractivity (Wildman–Crippen MR) is 104 cm³/mol. The summed E-state index contributed by atoms with van der Waals surface area (Å²) in [4.78, 5) is 6.80. The molecule has 0 radical (unpaired) electrons. The number of guanidine groups is 1. The number of fused-ring (bicyclic) bond motifs is 1. The molecular weight excluding hydrogens is 387 g/mol. The van der Waals surface area contributed by atoms with Crippen molar-refractivity contribution in [2.24, 2.45) is 10.9 Å². The van der Waals surface area contributed by atoms with E-state index in [4.69, 9.17) is 0 Å². The molecule has 4 nitrogen and oxygen atoms in total. The summed E-state index contributed by atoms with van der Waals surface area (Å²) >= 11 is 0. The maximum Gasteiger partial charge on any atom is 0.191 e. The molecule has 1 fully saturated rings. The first kappa shape index (κ1) is 17.4. The zero-order valence-electron chi connectivity index (χ0n) is 13.5. The molecule has 1 aromatic carbocycles. The number of anilines is 1. The van der Waals surface area contributed by atoms with E-state index < -0.39 is 0 Å². The van der Waals surface area contributed by atoms with Crippen molar-refractivity contribution in [2.45, 2.75) is 32.2 Å². The summed E-state index contributed by atoms with van der Waals surface area (Å²) in [6.45, 7) is 5.37. The van der Waals surface area contributed by atoms with Gasteiger partial charge < -0.3 is 15.5 Å². The Hall–Kier alpha value is -0.980. The van der Waals surface area contributed by atoms with Gasteiger partial charge in [-0.2, -0.15) is 0 Å². The molecule has 1 saturated carbocycles. The number of hydrogen-bond acceptors (Lipinski definition) is 2. The first-order chi connectivity index (χ1) is 10.3. The van der Waals surface area contributed by atoms with E-state index in [0.717, 1.165) is 37.9 Å². The molecule has 22 heavy (non-hydrogen) atoms. The normalized spacial score (nSPS) is 18.5. The van der Waals surface area contributed by atoms with Crippen molar-refractivity contribution in [3.8, 4) is 0 Å². The van der Waals surface area contributed by atoms with Gasteiger partial charge in [-0.15, -0.1) is 24.0 Å². The highest BCUT2D eigenvalue weighted by molar-refractivity contribution is 14.0. The Morgan fingerprint density at radius 1 is 1.32 bits per heavy atom. The van der Waals surface area contributed by atoms with Gasteiger partial charge in [0.05, 0.1) is 0 Å². The summed E-state index contributed by atoms with van der Waals surface area (Å²) in [5.41, 5.74) is 2.87. The SMILES string of the molecule is CN=C(NCC1CC1)NCC(C)N1CCc2ccccc21.I. The van der Waals surface area contributed by atoms with Crippen molar-refractivity contribution < 1.29 is 0 Å². The van der Waals surface area contributed by atoms with Crippen LogP contribution in [0.3, 0.4) is 0 Å². The Kier molecular flexibility index (Phi) is 6.35. The van der Waals surface area contributed by atoms with Gasteiger partial charge in [-0.05, 0) is 43.7 Å². The Labute approximate surface area is 150 Å². The fourth-order valence-electron chi connectivity index (χ4n) is 2.96. The standard InChI is InChI=1S/C17H26N4.HI/c1-13(11-19-17(18-2)20-12-14-7-8-14)21-10-9-15-5-3-4-6-16(15)21;/h3-6,13-14H,7-12H2,1-2H3,(H2,18,19,20);1H. The minimum absolute atomic E-state index is 0. The average Bonchev–Trinajstić information content (AvgIpc) is 3.24. The summed E-state index contributed by atoms with van der Waals surface area (Å²) < 4.78 is 0. The van der Waals surface area contributed by atoms with Gasteiger partial charge in [0, 0.05) is 38.4 Å². The molecule has 1 atom stereocenters. The van der Waals surface area contributed by atoms with Crippen LogP contribution in [-0.4, -0.2) is 38.7 Å². The second kappa shape index (κ2) is 8.04. The minimum Gasteiger partial charge on any atom is -0.366 e. The number of halogens is 1. The molecule has 0 saturated heterocycles. The lowest BCUT2D eigenvalue weighted by atomic mass is 10.2. The molecule has 0 spiro atoms. The van der Waals surface area contributed by atoms with E-state index in [1.807, 2.05) is 7.05 Å². The monoisotopic (exact) mass is 414 g/mol. The number of para-hydroxylation sites is 1. The number of rotatable bonds is 5. The van der Waals surface area contributed by atoms with Crippen molar-refractivity contribution in [3.63, 3.8) is 0 Å². The summed E-state index contributed by atoms with van der Waals surface area (Å²) in [6.07, 6.45) is 3.89. The zero-order valence-corrected chi connectivity index (χ0v) is 15.8. The van der Waals surface area contributed by atoms with Gasteiger partial charge in [0.25, 0.3) is 0 Å². The molecule has 0 aromatic heterocycles. The van der Waals surface area contributed by atoms with Gasteiger partial charge in [-0.3, -0.25) is 4.99 Å². The van der Waals surface area contributed by atoms with Crippen LogP contribution in [0.15, 0.2) is 29.3 Å².